The van der Waals surface area contributed by atoms with E-state index < -0.39 is 0 Å². The van der Waals surface area contributed by atoms with Gasteiger partial charge >= 0.3 is 0 Å². The first kappa shape index (κ1) is 17.2. The molecule has 1 N–H and O–H groups in total. The number of rotatable bonds is 4. The number of fused-ring (bicyclic) bond motifs is 2. The summed E-state index contributed by atoms with van der Waals surface area (Å²) in [6.07, 6.45) is 0. The highest BCUT2D eigenvalue weighted by Gasteiger charge is 2.23. The van der Waals surface area contributed by atoms with E-state index >= 15 is 0 Å². The van der Waals surface area contributed by atoms with Crippen molar-refractivity contribution >= 4 is 17.4 Å². The SMILES string of the molecule is CN(C)Cc1ccc(N[C@H]2c3ccccc3CSc3ccccc32)cc1. The lowest BCUT2D eigenvalue weighted by molar-refractivity contribution is 0.402. The highest BCUT2D eigenvalue weighted by molar-refractivity contribution is 7.98. The lowest BCUT2D eigenvalue weighted by Crippen LogP contribution is -2.14. The van der Waals surface area contributed by atoms with Crippen LogP contribution in [0.1, 0.15) is 28.3 Å². The van der Waals surface area contributed by atoms with Crippen LogP contribution < -0.4 is 5.32 Å². The van der Waals surface area contributed by atoms with Gasteiger partial charge in [-0.05, 0) is 54.5 Å². The Morgan fingerprint density at radius 3 is 2.35 bits per heavy atom. The number of thioether (sulfide) groups is 1. The Morgan fingerprint density at radius 1 is 0.885 bits per heavy atom. The molecule has 0 unspecified atom stereocenters. The van der Waals surface area contributed by atoms with Gasteiger partial charge in [0.2, 0.25) is 0 Å². The molecule has 4 rings (SSSR count). The van der Waals surface area contributed by atoms with E-state index in [1.807, 2.05) is 11.8 Å². The van der Waals surface area contributed by atoms with Crippen molar-refractivity contribution in [2.75, 3.05) is 19.4 Å². The van der Waals surface area contributed by atoms with Crippen LogP contribution >= 0.6 is 11.8 Å². The molecule has 1 aliphatic heterocycles. The maximum Gasteiger partial charge on any atom is 0.0781 e. The number of nitrogens with zero attached hydrogens (tertiary/aromatic N) is 1. The molecule has 0 fully saturated rings. The number of anilines is 1. The van der Waals surface area contributed by atoms with Crippen molar-refractivity contribution < 1.29 is 0 Å². The van der Waals surface area contributed by atoms with Crippen molar-refractivity contribution in [1.29, 1.82) is 0 Å². The molecule has 0 radical (unpaired) electrons. The molecule has 132 valence electrons. The van der Waals surface area contributed by atoms with Gasteiger partial charge in [0.15, 0.2) is 0 Å². The van der Waals surface area contributed by atoms with Crippen LogP contribution in [-0.4, -0.2) is 19.0 Å². The van der Waals surface area contributed by atoms with Crippen LogP contribution in [0.25, 0.3) is 0 Å². The van der Waals surface area contributed by atoms with Crippen LogP contribution in [0.2, 0.25) is 0 Å². The molecule has 0 saturated heterocycles. The molecule has 2 nitrogen and oxygen atoms in total. The van der Waals surface area contributed by atoms with Gasteiger partial charge in [-0.3, -0.25) is 0 Å². The average Bonchev–Trinajstić information content (AvgIpc) is 2.81. The first-order valence-corrected chi connectivity index (χ1v) is 9.99. The van der Waals surface area contributed by atoms with Gasteiger partial charge in [-0.2, -0.15) is 0 Å². The fraction of sp³-hybridized carbons (Fsp3) is 0.217. The first-order valence-electron chi connectivity index (χ1n) is 9.00. The Morgan fingerprint density at radius 2 is 1.58 bits per heavy atom. The molecule has 0 spiro atoms. The van der Waals surface area contributed by atoms with Gasteiger partial charge < -0.3 is 10.2 Å². The van der Waals surface area contributed by atoms with Gasteiger partial charge in [-0.15, -0.1) is 11.8 Å². The summed E-state index contributed by atoms with van der Waals surface area (Å²) in [5.41, 5.74) is 6.64. The maximum absolute atomic E-state index is 3.79. The lowest BCUT2D eigenvalue weighted by atomic mass is 9.94. The molecule has 3 aromatic carbocycles. The quantitative estimate of drug-likeness (QED) is 0.656. The van der Waals surface area contributed by atoms with Crippen molar-refractivity contribution in [3.8, 4) is 0 Å². The Balaban J connectivity index is 1.69. The average molecular weight is 361 g/mol. The molecule has 3 aromatic rings. The van der Waals surface area contributed by atoms with E-state index in [1.54, 1.807) is 0 Å². The molecule has 1 heterocycles. The predicted molar refractivity (Wildman–Crippen MR) is 112 cm³/mol. The minimum absolute atomic E-state index is 0.178. The van der Waals surface area contributed by atoms with Crippen molar-refractivity contribution in [3.05, 3.63) is 95.1 Å². The van der Waals surface area contributed by atoms with Crippen LogP contribution in [0.5, 0.6) is 0 Å². The zero-order valence-electron chi connectivity index (χ0n) is 15.3. The molecule has 1 aliphatic rings. The molecule has 0 aromatic heterocycles. The molecule has 0 bridgehead atoms. The zero-order chi connectivity index (χ0) is 17.9. The second kappa shape index (κ2) is 7.56. The monoisotopic (exact) mass is 360 g/mol. The van der Waals surface area contributed by atoms with E-state index in [0.717, 1.165) is 18.0 Å². The van der Waals surface area contributed by atoms with Crippen LogP contribution in [-0.2, 0) is 12.3 Å². The van der Waals surface area contributed by atoms with Crippen LogP contribution in [0.15, 0.2) is 77.7 Å². The van der Waals surface area contributed by atoms with E-state index in [4.69, 9.17) is 0 Å². The van der Waals surface area contributed by atoms with Gasteiger partial charge in [-0.25, -0.2) is 0 Å². The highest BCUT2D eigenvalue weighted by Crippen LogP contribution is 2.40. The second-order valence-corrected chi connectivity index (χ2v) is 8.05. The largest absolute Gasteiger partial charge is 0.374 e. The van der Waals surface area contributed by atoms with Crippen molar-refractivity contribution in [3.63, 3.8) is 0 Å². The van der Waals surface area contributed by atoms with Gasteiger partial charge in [-0.1, -0.05) is 54.6 Å². The van der Waals surface area contributed by atoms with E-state index in [2.05, 4.69) is 97.1 Å². The molecule has 1 atom stereocenters. The summed E-state index contributed by atoms with van der Waals surface area (Å²) in [5.74, 6) is 1.02. The summed E-state index contributed by atoms with van der Waals surface area (Å²) in [5, 5.41) is 3.79. The van der Waals surface area contributed by atoms with Crippen molar-refractivity contribution in [2.45, 2.75) is 23.2 Å². The van der Waals surface area contributed by atoms with Crippen molar-refractivity contribution in [1.82, 2.24) is 4.90 Å². The fourth-order valence-corrected chi connectivity index (χ4v) is 4.62. The fourth-order valence-electron chi connectivity index (χ4n) is 3.51. The molecule has 0 amide bonds. The van der Waals surface area contributed by atoms with E-state index in [-0.39, 0.29) is 6.04 Å². The number of hydrogen-bond acceptors (Lipinski definition) is 3. The molecule has 26 heavy (non-hydrogen) atoms. The Labute approximate surface area is 160 Å². The summed E-state index contributed by atoms with van der Waals surface area (Å²) >= 11 is 1.93. The van der Waals surface area contributed by atoms with Crippen LogP contribution in [0.4, 0.5) is 5.69 Å². The molecular weight excluding hydrogens is 336 g/mol. The van der Waals surface area contributed by atoms with Crippen LogP contribution in [0, 0.1) is 0 Å². The van der Waals surface area contributed by atoms with E-state index in [0.29, 0.717) is 0 Å². The summed E-state index contributed by atoms with van der Waals surface area (Å²) in [7, 11) is 4.20. The van der Waals surface area contributed by atoms with Gasteiger partial charge in [0.1, 0.15) is 0 Å². The maximum atomic E-state index is 3.79. The summed E-state index contributed by atoms with van der Waals surface area (Å²) in [6.45, 7) is 0.964. The molecule has 0 saturated carbocycles. The Kier molecular flexibility index (Phi) is 5.00. The smallest absolute Gasteiger partial charge is 0.0781 e. The zero-order valence-corrected chi connectivity index (χ0v) is 16.1. The molecule has 0 aliphatic carbocycles. The van der Waals surface area contributed by atoms with Gasteiger partial charge in [0, 0.05) is 22.9 Å². The first-order chi connectivity index (χ1) is 12.7. The summed E-state index contributed by atoms with van der Waals surface area (Å²) < 4.78 is 0. The normalized spacial score (nSPS) is 15.9. The second-order valence-electron chi connectivity index (χ2n) is 7.04. The molecule has 3 heteroatoms. The number of benzene rings is 3. The third kappa shape index (κ3) is 3.64. The minimum atomic E-state index is 0.178. The van der Waals surface area contributed by atoms with E-state index in [9.17, 15) is 0 Å². The predicted octanol–water partition coefficient (Wildman–Crippen LogP) is 5.56. The Bertz CT molecular complexity index is 839. The standard InChI is InChI=1S/C23H24N2S/c1-25(2)15-17-11-13-19(14-12-17)24-23-20-8-4-3-7-18(20)16-26-22-10-6-5-9-21(22)23/h3-14,23-24H,15-16H2,1-2H3/t23-/m0/s1. The summed E-state index contributed by atoms with van der Waals surface area (Å²) in [6, 6.07) is 26.6. The number of hydrogen-bond donors (Lipinski definition) is 1. The van der Waals surface area contributed by atoms with Gasteiger partial charge in [0.25, 0.3) is 0 Å². The topological polar surface area (TPSA) is 15.3 Å². The molecular formula is C23H24N2S. The minimum Gasteiger partial charge on any atom is -0.374 e. The summed E-state index contributed by atoms with van der Waals surface area (Å²) in [4.78, 5) is 3.56. The van der Waals surface area contributed by atoms with E-state index in [1.165, 1.54) is 27.1 Å². The third-order valence-electron chi connectivity index (χ3n) is 4.74. The van der Waals surface area contributed by atoms with Gasteiger partial charge in [0.05, 0.1) is 6.04 Å². The Hall–Kier alpha value is -2.23. The number of nitrogens with one attached hydrogen (secondary N) is 1. The highest BCUT2D eigenvalue weighted by atomic mass is 32.2. The third-order valence-corrected chi connectivity index (χ3v) is 5.88. The lowest BCUT2D eigenvalue weighted by Gasteiger charge is -2.23. The van der Waals surface area contributed by atoms with Crippen molar-refractivity contribution in [2.24, 2.45) is 0 Å². The van der Waals surface area contributed by atoms with Crippen LogP contribution in [0.3, 0.4) is 0 Å².